The first kappa shape index (κ1) is 18.3. The third-order valence-electron chi connectivity index (χ3n) is 4.13. The number of hydrogen-bond donors (Lipinski definition) is 1. The predicted octanol–water partition coefficient (Wildman–Crippen LogP) is 4.26. The van der Waals surface area contributed by atoms with E-state index in [4.69, 9.17) is 16.3 Å². The molecule has 0 saturated carbocycles. The molecule has 21 heavy (non-hydrogen) atoms. The maximum absolute atomic E-state index is 6.47. The first-order valence-corrected chi connectivity index (χ1v) is 8.19. The highest BCUT2D eigenvalue weighted by molar-refractivity contribution is 6.31. The number of hydrogen-bond acceptors (Lipinski definition) is 3. The molecule has 1 rings (SSSR count). The van der Waals surface area contributed by atoms with Gasteiger partial charge in [-0.15, -0.1) is 0 Å². The van der Waals surface area contributed by atoms with Gasteiger partial charge in [0.2, 0.25) is 0 Å². The average molecular weight is 313 g/mol. The van der Waals surface area contributed by atoms with Crippen LogP contribution in [-0.2, 0) is 4.74 Å². The average Bonchev–Trinajstić information content (AvgIpc) is 2.50. The van der Waals surface area contributed by atoms with Crippen LogP contribution in [-0.4, -0.2) is 33.4 Å². The summed E-state index contributed by atoms with van der Waals surface area (Å²) in [6, 6.07) is 7.15. The summed E-state index contributed by atoms with van der Waals surface area (Å²) in [5, 5.41) is 4.05. The lowest BCUT2D eigenvalue weighted by molar-refractivity contribution is 0.202. The second-order valence-electron chi connectivity index (χ2n) is 5.37. The van der Waals surface area contributed by atoms with Gasteiger partial charge in [-0.25, -0.2) is 0 Å². The molecule has 0 saturated heterocycles. The molecule has 0 aromatic heterocycles. The summed E-state index contributed by atoms with van der Waals surface area (Å²) < 4.78 is 5.26. The summed E-state index contributed by atoms with van der Waals surface area (Å²) in [5.74, 6) is 0. The fourth-order valence-corrected chi connectivity index (χ4v) is 2.98. The first-order chi connectivity index (χ1) is 10.1. The summed E-state index contributed by atoms with van der Waals surface area (Å²) in [6.07, 6.45) is 2.24. The Labute approximate surface area is 134 Å². The van der Waals surface area contributed by atoms with Gasteiger partial charge in [-0.2, -0.15) is 0 Å². The number of rotatable bonds is 9. The van der Waals surface area contributed by atoms with Crippen LogP contribution in [0.3, 0.4) is 0 Å². The summed E-state index contributed by atoms with van der Waals surface area (Å²) in [7, 11) is 3.69. The van der Waals surface area contributed by atoms with Gasteiger partial charge in [0.05, 0.1) is 6.61 Å². The van der Waals surface area contributed by atoms with Crippen molar-refractivity contribution >= 4 is 17.3 Å². The van der Waals surface area contributed by atoms with Crippen molar-refractivity contribution in [2.75, 3.05) is 32.2 Å². The molecule has 120 valence electrons. The maximum atomic E-state index is 6.47. The Bertz CT molecular complexity index is 421. The van der Waals surface area contributed by atoms with Crippen molar-refractivity contribution in [3.05, 3.63) is 28.8 Å². The SMILES string of the molecule is CCC(CC)N(CCOC)c1ccc(C(C)NC)c(Cl)c1. The second-order valence-corrected chi connectivity index (χ2v) is 5.78. The van der Waals surface area contributed by atoms with Gasteiger partial charge < -0.3 is 15.0 Å². The van der Waals surface area contributed by atoms with Gasteiger partial charge in [0.1, 0.15) is 0 Å². The minimum Gasteiger partial charge on any atom is -0.383 e. The Hall–Kier alpha value is -0.770. The van der Waals surface area contributed by atoms with E-state index in [1.807, 2.05) is 7.05 Å². The Morgan fingerprint density at radius 2 is 1.95 bits per heavy atom. The number of halogens is 1. The molecular formula is C17H29ClN2O. The first-order valence-electron chi connectivity index (χ1n) is 7.81. The fourth-order valence-electron chi connectivity index (χ4n) is 2.64. The minimum absolute atomic E-state index is 0.257. The van der Waals surface area contributed by atoms with Gasteiger partial charge in [-0.1, -0.05) is 31.5 Å². The minimum atomic E-state index is 0.257. The van der Waals surface area contributed by atoms with Crippen molar-refractivity contribution in [3.8, 4) is 0 Å². The smallest absolute Gasteiger partial charge is 0.0637 e. The molecule has 0 amide bonds. The Kier molecular flexibility index (Phi) is 8.09. The number of anilines is 1. The molecule has 1 N–H and O–H groups in total. The fraction of sp³-hybridized carbons (Fsp3) is 0.647. The van der Waals surface area contributed by atoms with Crippen LogP contribution in [0, 0.1) is 0 Å². The Balaban J connectivity index is 3.04. The summed E-state index contributed by atoms with van der Waals surface area (Å²) in [5.41, 5.74) is 2.32. The quantitative estimate of drug-likeness (QED) is 0.737. The molecule has 0 aliphatic heterocycles. The number of benzene rings is 1. The Morgan fingerprint density at radius 1 is 1.29 bits per heavy atom. The highest BCUT2D eigenvalue weighted by Crippen LogP contribution is 2.29. The van der Waals surface area contributed by atoms with Crippen LogP contribution in [0.2, 0.25) is 5.02 Å². The predicted molar refractivity (Wildman–Crippen MR) is 92.5 cm³/mol. The van der Waals surface area contributed by atoms with E-state index in [-0.39, 0.29) is 6.04 Å². The van der Waals surface area contributed by atoms with Crippen LogP contribution in [0.5, 0.6) is 0 Å². The number of nitrogens with zero attached hydrogens (tertiary/aromatic N) is 1. The molecule has 0 fully saturated rings. The van der Waals surface area contributed by atoms with E-state index in [0.29, 0.717) is 6.04 Å². The molecule has 0 aliphatic carbocycles. The van der Waals surface area contributed by atoms with Crippen LogP contribution in [0.25, 0.3) is 0 Å². The number of ether oxygens (including phenoxy) is 1. The van der Waals surface area contributed by atoms with Crippen molar-refractivity contribution < 1.29 is 4.74 Å². The van der Waals surface area contributed by atoms with Crippen molar-refractivity contribution in [3.63, 3.8) is 0 Å². The third kappa shape index (κ3) is 4.87. The van der Waals surface area contributed by atoms with Gasteiger partial charge in [0, 0.05) is 36.4 Å². The number of nitrogens with one attached hydrogen (secondary N) is 1. The van der Waals surface area contributed by atoms with Crippen molar-refractivity contribution in [1.82, 2.24) is 5.32 Å². The molecule has 0 radical (unpaired) electrons. The maximum Gasteiger partial charge on any atom is 0.0637 e. The summed E-state index contributed by atoms with van der Waals surface area (Å²) in [6.45, 7) is 8.19. The molecule has 1 atom stereocenters. The zero-order chi connectivity index (χ0) is 15.8. The van der Waals surface area contributed by atoms with E-state index in [2.05, 4.69) is 49.2 Å². The van der Waals surface area contributed by atoms with Crippen molar-refractivity contribution in [1.29, 1.82) is 0 Å². The van der Waals surface area contributed by atoms with Gasteiger partial charge in [0.25, 0.3) is 0 Å². The third-order valence-corrected chi connectivity index (χ3v) is 4.46. The topological polar surface area (TPSA) is 24.5 Å². The lowest BCUT2D eigenvalue weighted by atomic mass is 10.1. The molecular weight excluding hydrogens is 284 g/mol. The van der Waals surface area contributed by atoms with Gasteiger partial charge in [-0.3, -0.25) is 0 Å². The molecule has 0 spiro atoms. The van der Waals surface area contributed by atoms with E-state index in [1.54, 1.807) is 7.11 Å². The molecule has 4 heteroatoms. The van der Waals surface area contributed by atoms with Crippen LogP contribution >= 0.6 is 11.6 Å². The highest BCUT2D eigenvalue weighted by atomic mass is 35.5. The molecule has 1 aromatic rings. The summed E-state index contributed by atoms with van der Waals surface area (Å²) >= 11 is 6.47. The monoisotopic (exact) mass is 312 g/mol. The molecule has 1 unspecified atom stereocenters. The molecule has 0 aliphatic rings. The van der Waals surface area contributed by atoms with E-state index < -0.39 is 0 Å². The Morgan fingerprint density at radius 3 is 2.43 bits per heavy atom. The molecule has 3 nitrogen and oxygen atoms in total. The van der Waals surface area contributed by atoms with Crippen molar-refractivity contribution in [2.45, 2.75) is 45.7 Å². The zero-order valence-electron chi connectivity index (χ0n) is 13.9. The second kappa shape index (κ2) is 9.29. The van der Waals surface area contributed by atoms with E-state index in [1.165, 1.54) is 5.69 Å². The van der Waals surface area contributed by atoms with E-state index in [0.717, 1.165) is 36.6 Å². The summed E-state index contributed by atoms with van der Waals surface area (Å²) in [4.78, 5) is 2.41. The number of methoxy groups -OCH3 is 1. The molecule has 1 aromatic carbocycles. The largest absolute Gasteiger partial charge is 0.383 e. The lowest BCUT2D eigenvalue weighted by Crippen LogP contribution is -2.37. The van der Waals surface area contributed by atoms with Crippen molar-refractivity contribution in [2.24, 2.45) is 0 Å². The van der Waals surface area contributed by atoms with Crippen LogP contribution in [0.1, 0.15) is 45.2 Å². The molecule has 0 heterocycles. The lowest BCUT2D eigenvalue weighted by Gasteiger charge is -2.33. The van der Waals surface area contributed by atoms with Gasteiger partial charge in [-0.05, 0) is 44.5 Å². The van der Waals surface area contributed by atoms with Crippen LogP contribution < -0.4 is 10.2 Å². The standard InChI is InChI=1S/C17H29ClN2O/c1-6-14(7-2)20(10-11-21-5)15-8-9-16(13(3)19-4)17(18)12-15/h8-9,12-14,19H,6-7,10-11H2,1-5H3. The van der Waals surface area contributed by atoms with E-state index >= 15 is 0 Å². The normalized spacial score (nSPS) is 12.7. The van der Waals surface area contributed by atoms with Gasteiger partial charge >= 0.3 is 0 Å². The molecule has 0 bridgehead atoms. The highest BCUT2D eigenvalue weighted by Gasteiger charge is 2.17. The zero-order valence-corrected chi connectivity index (χ0v) is 14.7. The van der Waals surface area contributed by atoms with E-state index in [9.17, 15) is 0 Å². The van der Waals surface area contributed by atoms with Crippen LogP contribution in [0.4, 0.5) is 5.69 Å². The van der Waals surface area contributed by atoms with Crippen LogP contribution in [0.15, 0.2) is 18.2 Å². The van der Waals surface area contributed by atoms with Gasteiger partial charge in [0.15, 0.2) is 0 Å².